The summed E-state index contributed by atoms with van der Waals surface area (Å²) in [7, 11) is 0. The van der Waals surface area contributed by atoms with Crippen molar-refractivity contribution in [2.75, 3.05) is 25.0 Å². The first-order chi connectivity index (χ1) is 8.43. The second-order valence-electron chi connectivity index (χ2n) is 4.41. The lowest BCUT2D eigenvalue weighted by atomic mass is 9.98. The Morgan fingerprint density at radius 3 is 3.18 bits per heavy atom. The van der Waals surface area contributed by atoms with Gasteiger partial charge in [-0.3, -0.25) is 4.40 Å². The van der Waals surface area contributed by atoms with E-state index in [1.54, 1.807) is 12.5 Å². The average Bonchev–Trinajstić information content (AvgIpc) is 2.86. The molecule has 0 amide bonds. The quantitative estimate of drug-likeness (QED) is 0.808. The first kappa shape index (κ1) is 10.5. The van der Waals surface area contributed by atoms with Crippen LogP contribution in [-0.2, 0) is 0 Å². The zero-order chi connectivity index (χ0) is 11.5. The van der Waals surface area contributed by atoms with Crippen LogP contribution in [0.15, 0.2) is 18.7 Å². The Morgan fingerprint density at radius 1 is 1.41 bits per heavy atom. The summed E-state index contributed by atoms with van der Waals surface area (Å²) in [6, 6.07) is 0. The number of anilines is 1. The average molecular weight is 232 g/mol. The lowest BCUT2D eigenvalue weighted by Gasteiger charge is -2.22. The van der Waals surface area contributed by atoms with E-state index in [1.165, 1.54) is 12.8 Å². The summed E-state index contributed by atoms with van der Waals surface area (Å²) >= 11 is 0. The SMILES string of the molecule is c1cn2cnnc2c(NCC2CCNCC2)n1. The van der Waals surface area contributed by atoms with Crippen LogP contribution in [0.1, 0.15) is 12.8 Å². The van der Waals surface area contributed by atoms with Gasteiger partial charge in [-0.1, -0.05) is 0 Å². The van der Waals surface area contributed by atoms with Crippen molar-refractivity contribution in [2.24, 2.45) is 5.92 Å². The first-order valence-corrected chi connectivity index (χ1v) is 6.02. The summed E-state index contributed by atoms with van der Waals surface area (Å²) in [4.78, 5) is 4.31. The fourth-order valence-electron chi connectivity index (χ4n) is 2.21. The third-order valence-corrected chi connectivity index (χ3v) is 3.23. The summed E-state index contributed by atoms with van der Waals surface area (Å²) in [5, 5.41) is 14.7. The van der Waals surface area contributed by atoms with Crippen molar-refractivity contribution in [3.8, 4) is 0 Å². The molecule has 1 aliphatic rings. The third kappa shape index (κ3) is 2.21. The lowest BCUT2D eigenvalue weighted by Crippen LogP contribution is -2.31. The van der Waals surface area contributed by atoms with E-state index in [4.69, 9.17) is 0 Å². The summed E-state index contributed by atoms with van der Waals surface area (Å²) in [5.41, 5.74) is 0.793. The number of nitrogens with one attached hydrogen (secondary N) is 2. The van der Waals surface area contributed by atoms with E-state index in [2.05, 4.69) is 25.8 Å². The standard InChI is InChI=1S/C11H16N6/c1-3-12-4-2-9(1)7-14-10-11-16-15-8-17(11)6-5-13-10/h5-6,8-9,12H,1-4,7H2,(H,13,14). The highest BCUT2D eigenvalue weighted by atomic mass is 15.2. The highest BCUT2D eigenvalue weighted by Crippen LogP contribution is 2.14. The number of nitrogens with zero attached hydrogens (tertiary/aromatic N) is 4. The molecule has 1 aliphatic heterocycles. The van der Waals surface area contributed by atoms with Crippen molar-refractivity contribution >= 4 is 11.5 Å². The minimum Gasteiger partial charge on any atom is -0.367 e. The maximum Gasteiger partial charge on any atom is 0.203 e. The molecular weight excluding hydrogens is 216 g/mol. The Morgan fingerprint density at radius 2 is 2.29 bits per heavy atom. The minimum atomic E-state index is 0.723. The fourth-order valence-corrected chi connectivity index (χ4v) is 2.21. The van der Waals surface area contributed by atoms with E-state index in [0.29, 0.717) is 0 Å². The summed E-state index contributed by atoms with van der Waals surface area (Å²) in [6.07, 6.45) is 7.75. The molecule has 0 aliphatic carbocycles. The van der Waals surface area contributed by atoms with E-state index in [0.717, 1.165) is 37.0 Å². The van der Waals surface area contributed by atoms with Crippen LogP contribution >= 0.6 is 0 Å². The molecule has 90 valence electrons. The molecule has 0 radical (unpaired) electrons. The highest BCUT2D eigenvalue weighted by molar-refractivity contribution is 5.61. The van der Waals surface area contributed by atoms with Crippen LogP contribution in [0.3, 0.4) is 0 Å². The molecule has 0 unspecified atom stereocenters. The van der Waals surface area contributed by atoms with Gasteiger partial charge >= 0.3 is 0 Å². The van der Waals surface area contributed by atoms with Gasteiger partial charge < -0.3 is 10.6 Å². The van der Waals surface area contributed by atoms with Crippen LogP contribution in [0.25, 0.3) is 5.65 Å². The Labute approximate surface area is 99.5 Å². The van der Waals surface area contributed by atoms with Crippen LogP contribution in [0.4, 0.5) is 5.82 Å². The van der Waals surface area contributed by atoms with Crippen molar-refractivity contribution in [3.05, 3.63) is 18.7 Å². The topological polar surface area (TPSA) is 67.1 Å². The molecule has 0 bridgehead atoms. The molecule has 0 aromatic carbocycles. The monoisotopic (exact) mass is 232 g/mol. The summed E-state index contributed by atoms with van der Waals surface area (Å²) in [6.45, 7) is 3.20. The van der Waals surface area contributed by atoms with Crippen LogP contribution in [0.5, 0.6) is 0 Å². The van der Waals surface area contributed by atoms with E-state index in [-0.39, 0.29) is 0 Å². The van der Waals surface area contributed by atoms with E-state index < -0.39 is 0 Å². The Balaban J connectivity index is 1.69. The molecule has 2 aromatic heterocycles. The van der Waals surface area contributed by atoms with Crippen molar-refractivity contribution < 1.29 is 0 Å². The number of hydrogen-bond acceptors (Lipinski definition) is 5. The minimum absolute atomic E-state index is 0.723. The number of aromatic nitrogens is 4. The van der Waals surface area contributed by atoms with Gasteiger partial charge in [0.15, 0.2) is 5.82 Å². The molecule has 1 saturated heterocycles. The van der Waals surface area contributed by atoms with Crippen LogP contribution in [-0.4, -0.2) is 39.2 Å². The van der Waals surface area contributed by atoms with Crippen LogP contribution < -0.4 is 10.6 Å². The van der Waals surface area contributed by atoms with Gasteiger partial charge in [0.2, 0.25) is 5.65 Å². The number of rotatable bonds is 3. The molecular formula is C11H16N6. The Kier molecular flexibility index (Phi) is 2.87. The molecule has 17 heavy (non-hydrogen) atoms. The second kappa shape index (κ2) is 4.67. The van der Waals surface area contributed by atoms with Crippen molar-refractivity contribution in [3.63, 3.8) is 0 Å². The maximum absolute atomic E-state index is 4.31. The van der Waals surface area contributed by atoms with Gasteiger partial charge in [0.1, 0.15) is 6.33 Å². The number of fused-ring (bicyclic) bond motifs is 1. The number of piperidine rings is 1. The predicted molar refractivity (Wildman–Crippen MR) is 64.9 cm³/mol. The van der Waals surface area contributed by atoms with Crippen LogP contribution in [0, 0.1) is 5.92 Å². The van der Waals surface area contributed by atoms with Gasteiger partial charge in [-0.2, -0.15) is 0 Å². The summed E-state index contributed by atoms with van der Waals surface area (Å²) in [5.74, 6) is 1.55. The second-order valence-corrected chi connectivity index (χ2v) is 4.41. The van der Waals surface area contributed by atoms with Crippen molar-refractivity contribution in [1.82, 2.24) is 24.9 Å². The first-order valence-electron chi connectivity index (χ1n) is 6.02. The largest absolute Gasteiger partial charge is 0.367 e. The third-order valence-electron chi connectivity index (χ3n) is 3.23. The van der Waals surface area contributed by atoms with Crippen molar-refractivity contribution in [2.45, 2.75) is 12.8 Å². The summed E-state index contributed by atoms with van der Waals surface area (Å²) < 4.78 is 1.87. The molecule has 6 nitrogen and oxygen atoms in total. The van der Waals surface area contributed by atoms with Gasteiger partial charge in [0.25, 0.3) is 0 Å². The molecule has 3 heterocycles. The molecule has 0 saturated carbocycles. The molecule has 3 rings (SSSR count). The zero-order valence-electron chi connectivity index (χ0n) is 9.63. The smallest absolute Gasteiger partial charge is 0.203 e. The van der Waals surface area contributed by atoms with Gasteiger partial charge in [0.05, 0.1) is 0 Å². The lowest BCUT2D eigenvalue weighted by molar-refractivity contribution is 0.389. The molecule has 6 heteroatoms. The van der Waals surface area contributed by atoms with Gasteiger partial charge in [-0.05, 0) is 31.8 Å². The normalized spacial score (nSPS) is 17.4. The van der Waals surface area contributed by atoms with E-state index in [9.17, 15) is 0 Å². The Bertz CT molecular complexity index is 487. The number of hydrogen-bond donors (Lipinski definition) is 2. The molecule has 0 spiro atoms. The van der Waals surface area contributed by atoms with Gasteiger partial charge in [-0.15, -0.1) is 10.2 Å². The van der Waals surface area contributed by atoms with E-state index >= 15 is 0 Å². The molecule has 0 atom stereocenters. The Hall–Kier alpha value is -1.69. The van der Waals surface area contributed by atoms with Crippen LogP contribution in [0.2, 0.25) is 0 Å². The molecule has 1 fully saturated rings. The fraction of sp³-hybridized carbons (Fsp3) is 0.545. The van der Waals surface area contributed by atoms with Crippen molar-refractivity contribution in [1.29, 1.82) is 0 Å². The molecule has 2 N–H and O–H groups in total. The van der Waals surface area contributed by atoms with Gasteiger partial charge in [-0.25, -0.2) is 4.98 Å². The van der Waals surface area contributed by atoms with E-state index in [1.807, 2.05) is 10.6 Å². The highest BCUT2D eigenvalue weighted by Gasteiger charge is 2.13. The maximum atomic E-state index is 4.31. The van der Waals surface area contributed by atoms with Gasteiger partial charge in [0, 0.05) is 18.9 Å². The molecule has 2 aromatic rings. The predicted octanol–water partition coefficient (Wildman–Crippen LogP) is 0.536. The zero-order valence-corrected chi connectivity index (χ0v) is 9.63.